The molecule has 6 nitrogen and oxygen atoms in total. The van der Waals surface area contributed by atoms with Gasteiger partial charge in [-0.05, 0) is 38.1 Å². The lowest BCUT2D eigenvalue weighted by atomic mass is 10.1. The van der Waals surface area contributed by atoms with E-state index in [0.717, 1.165) is 16.3 Å². The normalized spacial score (nSPS) is 10.9. The van der Waals surface area contributed by atoms with Crippen molar-refractivity contribution >= 4 is 34.5 Å². The molecule has 2 N–H and O–H groups in total. The van der Waals surface area contributed by atoms with Crippen molar-refractivity contribution in [2.75, 3.05) is 5.75 Å². The first-order valence-electron chi connectivity index (χ1n) is 8.68. The molecular formula is C20H19FN4O2S. The molecule has 28 heavy (non-hydrogen) atoms. The van der Waals surface area contributed by atoms with Crippen molar-refractivity contribution in [3.63, 3.8) is 0 Å². The first-order chi connectivity index (χ1) is 13.4. The zero-order valence-electron chi connectivity index (χ0n) is 15.4. The van der Waals surface area contributed by atoms with Gasteiger partial charge in [-0.2, -0.15) is 0 Å². The number of nitrogens with zero attached hydrogens (tertiary/aromatic N) is 2. The van der Waals surface area contributed by atoms with Gasteiger partial charge in [0.2, 0.25) is 5.91 Å². The monoisotopic (exact) mass is 398 g/mol. The van der Waals surface area contributed by atoms with Crippen LogP contribution in [0.4, 0.5) is 9.18 Å². The number of rotatable bonds is 5. The SMILES string of the molecule is CC(C)NC(=O)NC(=O)CSc1nnc(-c2ccc(F)cc2)c2ccccc12. The van der Waals surface area contributed by atoms with Crippen LogP contribution in [0.5, 0.6) is 0 Å². The largest absolute Gasteiger partial charge is 0.336 e. The predicted molar refractivity (Wildman–Crippen MR) is 107 cm³/mol. The fourth-order valence-electron chi connectivity index (χ4n) is 2.60. The van der Waals surface area contributed by atoms with E-state index in [1.54, 1.807) is 12.1 Å². The third-order valence-corrected chi connectivity index (χ3v) is 4.77. The number of benzene rings is 2. The molecule has 3 rings (SSSR count). The van der Waals surface area contributed by atoms with E-state index in [2.05, 4.69) is 20.8 Å². The zero-order chi connectivity index (χ0) is 20.1. The molecule has 0 bridgehead atoms. The van der Waals surface area contributed by atoms with Gasteiger partial charge in [-0.15, -0.1) is 10.2 Å². The van der Waals surface area contributed by atoms with Crippen LogP contribution in [-0.2, 0) is 4.79 Å². The number of nitrogens with one attached hydrogen (secondary N) is 2. The van der Waals surface area contributed by atoms with Crippen LogP contribution in [0.2, 0.25) is 0 Å². The molecule has 3 amide bonds. The van der Waals surface area contributed by atoms with E-state index >= 15 is 0 Å². The van der Waals surface area contributed by atoms with Crippen LogP contribution in [0.25, 0.3) is 22.0 Å². The minimum atomic E-state index is -0.525. The number of carbonyl (C=O) groups is 2. The Bertz CT molecular complexity index is 1010. The first-order valence-corrected chi connectivity index (χ1v) is 9.67. The van der Waals surface area contributed by atoms with Gasteiger partial charge in [0, 0.05) is 22.4 Å². The third-order valence-electron chi connectivity index (χ3n) is 3.78. The molecule has 3 aromatic rings. The molecule has 8 heteroatoms. The minimum Gasteiger partial charge on any atom is -0.336 e. The number of imide groups is 1. The van der Waals surface area contributed by atoms with Crippen molar-refractivity contribution in [2.45, 2.75) is 24.9 Å². The molecule has 0 aliphatic carbocycles. The van der Waals surface area contributed by atoms with Gasteiger partial charge in [-0.1, -0.05) is 36.0 Å². The van der Waals surface area contributed by atoms with Crippen LogP contribution in [-0.4, -0.2) is 33.9 Å². The molecule has 0 atom stereocenters. The van der Waals surface area contributed by atoms with Gasteiger partial charge in [0.05, 0.1) is 5.75 Å². The number of thioether (sulfide) groups is 1. The summed E-state index contributed by atoms with van der Waals surface area (Å²) in [7, 11) is 0. The summed E-state index contributed by atoms with van der Waals surface area (Å²) >= 11 is 1.20. The Morgan fingerprint density at radius 1 is 1.04 bits per heavy atom. The molecule has 1 heterocycles. The second-order valence-electron chi connectivity index (χ2n) is 6.37. The Hall–Kier alpha value is -3.00. The lowest BCUT2D eigenvalue weighted by Gasteiger charge is -2.10. The van der Waals surface area contributed by atoms with E-state index in [4.69, 9.17) is 0 Å². The highest BCUT2D eigenvalue weighted by Gasteiger charge is 2.14. The molecule has 0 saturated carbocycles. The van der Waals surface area contributed by atoms with E-state index < -0.39 is 11.9 Å². The molecule has 0 radical (unpaired) electrons. The van der Waals surface area contributed by atoms with Gasteiger partial charge in [0.1, 0.15) is 16.5 Å². The van der Waals surface area contributed by atoms with Crippen LogP contribution >= 0.6 is 11.8 Å². The summed E-state index contributed by atoms with van der Waals surface area (Å²) in [5.41, 5.74) is 1.39. The number of carbonyl (C=O) groups excluding carboxylic acids is 2. The molecular weight excluding hydrogens is 379 g/mol. The van der Waals surface area contributed by atoms with Crippen molar-refractivity contribution in [3.05, 3.63) is 54.3 Å². The van der Waals surface area contributed by atoms with Crippen LogP contribution in [0.15, 0.2) is 53.6 Å². The summed E-state index contributed by atoms with van der Waals surface area (Å²) in [4.78, 5) is 23.6. The summed E-state index contributed by atoms with van der Waals surface area (Å²) in [5, 5.41) is 15.7. The number of hydrogen-bond acceptors (Lipinski definition) is 5. The number of halogens is 1. The maximum Gasteiger partial charge on any atom is 0.321 e. The Balaban J connectivity index is 1.80. The number of hydrogen-bond donors (Lipinski definition) is 2. The average Bonchev–Trinajstić information content (AvgIpc) is 2.66. The zero-order valence-corrected chi connectivity index (χ0v) is 16.2. The van der Waals surface area contributed by atoms with E-state index in [0.29, 0.717) is 10.7 Å². The quantitative estimate of drug-likeness (QED) is 0.640. The Kier molecular flexibility index (Phi) is 6.20. The summed E-state index contributed by atoms with van der Waals surface area (Å²) < 4.78 is 13.2. The van der Waals surface area contributed by atoms with Gasteiger partial charge in [0.25, 0.3) is 0 Å². The first kappa shape index (κ1) is 19.8. The second kappa shape index (κ2) is 8.79. The van der Waals surface area contributed by atoms with Gasteiger partial charge < -0.3 is 5.32 Å². The highest BCUT2D eigenvalue weighted by Crippen LogP contribution is 2.31. The van der Waals surface area contributed by atoms with Crippen LogP contribution < -0.4 is 10.6 Å². The average molecular weight is 398 g/mol. The van der Waals surface area contributed by atoms with E-state index in [1.807, 2.05) is 38.1 Å². The fourth-order valence-corrected chi connectivity index (χ4v) is 3.37. The third kappa shape index (κ3) is 4.83. The number of amides is 3. The number of urea groups is 1. The van der Waals surface area contributed by atoms with Gasteiger partial charge in [-0.25, -0.2) is 9.18 Å². The molecule has 0 spiro atoms. The molecule has 2 aromatic carbocycles. The van der Waals surface area contributed by atoms with Crippen LogP contribution in [0.3, 0.4) is 0 Å². The summed E-state index contributed by atoms with van der Waals surface area (Å²) in [5.74, 6) is -0.711. The molecule has 1 aromatic heterocycles. The highest BCUT2D eigenvalue weighted by molar-refractivity contribution is 8.00. The summed E-state index contributed by atoms with van der Waals surface area (Å²) in [6.07, 6.45) is 0. The molecule has 0 aliphatic heterocycles. The van der Waals surface area contributed by atoms with Crippen LogP contribution in [0, 0.1) is 5.82 Å². The lowest BCUT2D eigenvalue weighted by molar-refractivity contribution is -0.117. The Morgan fingerprint density at radius 2 is 1.71 bits per heavy atom. The standard InChI is InChI=1S/C20H19FN4O2S/c1-12(2)22-20(27)23-17(26)11-28-19-16-6-4-3-5-15(16)18(24-25-19)13-7-9-14(21)10-8-13/h3-10,12H,11H2,1-2H3,(H2,22,23,26,27). The van der Waals surface area contributed by atoms with E-state index in [-0.39, 0.29) is 17.6 Å². The fraction of sp³-hybridized carbons (Fsp3) is 0.200. The van der Waals surface area contributed by atoms with Gasteiger partial charge in [0.15, 0.2) is 0 Å². The summed E-state index contributed by atoms with van der Waals surface area (Å²) in [6, 6.07) is 13.0. The smallest absolute Gasteiger partial charge is 0.321 e. The number of fused-ring (bicyclic) bond motifs is 1. The Labute approximate surface area is 165 Å². The highest BCUT2D eigenvalue weighted by atomic mass is 32.2. The molecule has 0 fully saturated rings. The topological polar surface area (TPSA) is 84.0 Å². The van der Waals surface area contributed by atoms with E-state index in [1.165, 1.54) is 23.9 Å². The van der Waals surface area contributed by atoms with E-state index in [9.17, 15) is 14.0 Å². The second-order valence-corrected chi connectivity index (χ2v) is 7.34. The minimum absolute atomic E-state index is 0.0279. The van der Waals surface area contributed by atoms with Crippen LogP contribution in [0.1, 0.15) is 13.8 Å². The maximum absolute atomic E-state index is 13.2. The Morgan fingerprint density at radius 3 is 2.39 bits per heavy atom. The van der Waals surface area contributed by atoms with Crippen molar-refractivity contribution in [2.24, 2.45) is 0 Å². The molecule has 0 aliphatic rings. The van der Waals surface area contributed by atoms with Gasteiger partial charge in [-0.3, -0.25) is 10.1 Å². The molecule has 0 saturated heterocycles. The molecule has 144 valence electrons. The number of aromatic nitrogens is 2. The van der Waals surface area contributed by atoms with Crippen molar-refractivity contribution < 1.29 is 14.0 Å². The lowest BCUT2D eigenvalue weighted by Crippen LogP contribution is -2.43. The maximum atomic E-state index is 13.2. The van der Waals surface area contributed by atoms with Crippen molar-refractivity contribution in [1.82, 2.24) is 20.8 Å². The summed E-state index contributed by atoms with van der Waals surface area (Å²) in [6.45, 7) is 3.62. The van der Waals surface area contributed by atoms with Gasteiger partial charge >= 0.3 is 6.03 Å². The predicted octanol–water partition coefficient (Wildman–Crippen LogP) is 3.76. The molecule has 0 unspecified atom stereocenters. The van der Waals surface area contributed by atoms with Crippen molar-refractivity contribution in [3.8, 4) is 11.3 Å². The van der Waals surface area contributed by atoms with Crippen molar-refractivity contribution in [1.29, 1.82) is 0 Å².